The highest BCUT2D eigenvalue weighted by molar-refractivity contribution is 7.89. The van der Waals surface area contributed by atoms with Gasteiger partial charge in [0.15, 0.2) is 0 Å². The monoisotopic (exact) mass is 257 g/mol. The zero-order valence-corrected chi connectivity index (χ0v) is 11.2. The van der Waals surface area contributed by atoms with Gasteiger partial charge in [0, 0.05) is 13.6 Å². The molecule has 0 bridgehead atoms. The Morgan fingerprint density at radius 2 is 2.06 bits per heavy atom. The van der Waals surface area contributed by atoms with E-state index in [2.05, 4.69) is 0 Å². The normalized spacial score (nSPS) is 13.9. The summed E-state index contributed by atoms with van der Waals surface area (Å²) in [5.74, 6) is 0. The molecule has 0 amide bonds. The van der Waals surface area contributed by atoms with E-state index in [1.807, 2.05) is 13.0 Å². The lowest BCUT2D eigenvalue weighted by Crippen LogP contribution is -2.29. The van der Waals surface area contributed by atoms with E-state index in [9.17, 15) is 8.42 Å². The zero-order valence-electron chi connectivity index (χ0n) is 10.4. The highest BCUT2D eigenvalue weighted by Crippen LogP contribution is 2.15. The maximum absolute atomic E-state index is 12.1. The van der Waals surface area contributed by atoms with Gasteiger partial charge in [0.1, 0.15) is 0 Å². The summed E-state index contributed by atoms with van der Waals surface area (Å²) in [6.07, 6.45) is -0.0631. The number of sulfonamides is 1. The molecule has 1 aromatic rings. The van der Waals surface area contributed by atoms with E-state index < -0.39 is 16.1 Å². The van der Waals surface area contributed by atoms with E-state index in [0.717, 1.165) is 5.56 Å². The summed E-state index contributed by atoms with van der Waals surface area (Å²) in [4.78, 5) is 0.297. The van der Waals surface area contributed by atoms with Crippen molar-refractivity contribution < 1.29 is 13.5 Å². The molecule has 0 aliphatic rings. The average molecular weight is 257 g/mol. The van der Waals surface area contributed by atoms with Crippen molar-refractivity contribution >= 4 is 10.0 Å². The van der Waals surface area contributed by atoms with E-state index in [4.69, 9.17) is 5.11 Å². The number of aryl methyl sites for hydroxylation is 1. The number of rotatable bonds is 5. The highest BCUT2D eigenvalue weighted by atomic mass is 32.2. The van der Waals surface area contributed by atoms with Crippen molar-refractivity contribution in [1.82, 2.24) is 4.31 Å². The quantitative estimate of drug-likeness (QED) is 0.867. The number of hydrogen-bond donors (Lipinski definition) is 1. The fourth-order valence-electron chi connectivity index (χ4n) is 1.44. The molecule has 0 saturated heterocycles. The Morgan fingerprint density at radius 1 is 1.41 bits per heavy atom. The number of aliphatic hydroxyl groups excluding tert-OH is 1. The Balaban J connectivity index is 2.88. The fraction of sp³-hybridized carbons (Fsp3) is 0.500. The minimum atomic E-state index is -3.43. The van der Waals surface area contributed by atoms with Crippen molar-refractivity contribution in [2.45, 2.75) is 31.3 Å². The molecule has 5 heteroatoms. The van der Waals surface area contributed by atoms with E-state index in [1.54, 1.807) is 25.1 Å². The number of benzene rings is 1. The van der Waals surface area contributed by atoms with Gasteiger partial charge in [0.05, 0.1) is 11.0 Å². The summed E-state index contributed by atoms with van der Waals surface area (Å²) in [5.41, 5.74) is 0.912. The van der Waals surface area contributed by atoms with Gasteiger partial charge in [-0.15, -0.1) is 0 Å². The maximum atomic E-state index is 12.1. The lowest BCUT2D eigenvalue weighted by atomic mass is 10.2. The lowest BCUT2D eigenvalue weighted by molar-refractivity contribution is 0.177. The summed E-state index contributed by atoms with van der Waals surface area (Å²) in [5, 5.41) is 9.16. The first kappa shape index (κ1) is 14.2. The summed E-state index contributed by atoms with van der Waals surface area (Å²) in [6.45, 7) is 3.82. The minimum absolute atomic E-state index is 0.297. The largest absolute Gasteiger partial charge is 0.393 e. The molecule has 96 valence electrons. The molecular formula is C12H19NO3S. The van der Waals surface area contributed by atoms with Crippen LogP contribution in [0.15, 0.2) is 29.2 Å². The van der Waals surface area contributed by atoms with Crippen LogP contribution in [0, 0.1) is 6.92 Å². The first-order valence-corrected chi connectivity index (χ1v) is 6.99. The molecule has 1 N–H and O–H groups in total. The second-order valence-corrected chi connectivity index (χ2v) is 6.33. The van der Waals surface area contributed by atoms with Gasteiger partial charge in [0.2, 0.25) is 10.0 Å². The summed E-state index contributed by atoms with van der Waals surface area (Å²) >= 11 is 0. The lowest BCUT2D eigenvalue weighted by Gasteiger charge is -2.18. The van der Waals surface area contributed by atoms with E-state index in [0.29, 0.717) is 17.9 Å². The molecule has 0 heterocycles. The maximum Gasteiger partial charge on any atom is 0.242 e. The number of nitrogens with zero attached hydrogens (tertiary/aromatic N) is 1. The van der Waals surface area contributed by atoms with Gasteiger partial charge in [-0.05, 0) is 38.0 Å². The molecule has 4 nitrogen and oxygen atoms in total. The van der Waals surface area contributed by atoms with Crippen molar-refractivity contribution in [2.24, 2.45) is 0 Å². The first-order valence-electron chi connectivity index (χ1n) is 5.55. The van der Waals surface area contributed by atoms with Crippen LogP contribution in [0.3, 0.4) is 0 Å². The summed E-state index contributed by atoms with van der Waals surface area (Å²) in [7, 11) is -1.91. The third kappa shape index (κ3) is 3.80. The fourth-order valence-corrected chi connectivity index (χ4v) is 2.74. The molecule has 1 atom stereocenters. The Hall–Kier alpha value is -0.910. The molecule has 0 aliphatic heterocycles. The zero-order chi connectivity index (χ0) is 13.1. The second-order valence-electron chi connectivity index (χ2n) is 4.28. The molecule has 0 radical (unpaired) electrons. The molecule has 1 aromatic carbocycles. The van der Waals surface area contributed by atoms with Crippen molar-refractivity contribution in [3.05, 3.63) is 29.8 Å². The Bertz CT molecular complexity index is 468. The predicted octanol–water partition coefficient (Wildman–Crippen LogP) is 1.39. The van der Waals surface area contributed by atoms with Gasteiger partial charge >= 0.3 is 0 Å². The summed E-state index contributed by atoms with van der Waals surface area (Å²) < 4.78 is 25.6. The first-order chi connectivity index (χ1) is 7.84. The van der Waals surface area contributed by atoms with Crippen molar-refractivity contribution in [3.63, 3.8) is 0 Å². The topological polar surface area (TPSA) is 57.6 Å². The molecule has 0 aromatic heterocycles. The third-order valence-electron chi connectivity index (χ3n) is 2.56. The summed E-state index contributed by atoms with van der Waals surface area (Å²) in [6, 6.07) is 6.81. The van der Waals surface area contributed by atoms with Gasteiger partial charge in [-0.3, -0.25) is 0 Å². The van der Waals surface area contributed by atoms with Crippen LogP contribution < -0.4 is 0 Å². The molecule has 0 fully saturated rings. The second kappa shape index (κ2) is 5.62. The van der Waals surface area contributed by atoms with Gasteiger partial charge in [0.25, 0.3) is 0 Å². The Morgan fingerprint density at radius 3 is 2.59 bits per heavy atom. The van der Waals surface area contributed by atoms with Crippen LogP contribution in [-0.2, 0) is 10.0 Å². The van der Waals surface area contributed by atoms with Gasteiger partial charge in [-0.2, -0.15) is 0 Å². The molecule has 1 unspecified atom stereocenters. The predicted molar refractivity (Wildman–Crippen MR) is 67.3 cm³/mol. The van der Waals surface area contributed by atoms with E-state index >= 15 is 0 Å². The average Bonchev–Trinajstić information content (AvgIpc) is 2.25. The van der Waals surface area contributed by atoms with E-state index in [1.165, 1.54) is 11.4 Å². The van der Waals surface area contributed by atoms with Crippen LogP contribution in [0.25, 0.3) is 0 Å². The Labute approximate surface area is 103 Å². The van der Waals surface area contributed by atoms with Crippen molar-refractivity contribution in [2.75, 3.05) is 13.6 Å². The van der Waals surface area contributed by atoms with Gasteiger partial charge < -0.3 is 5.11 Å². The highest BCUT2D eigenvalue weighted by Gasteiger charge is 2.20. The molecule has 17 heavy (non-hydrogen) atoms. The van der Waals surface area contributed by atoms with Crippen LogP contribution >= 0.6 is 0 Å². The van der Waals surface area contributed by atoms with Gasteiger partial charge in [-0.1, -0.05) is 12.1 Å². The van der Waals surface area contributed by atoms with Crippen LogP contribution in [-0.4, -0.2) is 37.5 Å². The standard InChI is InChI=1S/C12H19NO3S/c1-10-5-4-6-12(9-10)17(15,16)13(3)8-7-11(2)14/h4-6,9,11,14H,7-8H2,1-3H3. The third-order valence-corrected chi connectivity index (χ3v) is 4.41. The number of hydrogen-bond acceptors (Lipinski definition) is 3. The van der Waals surface area contributed by atoms with Gasteiger partial charge in [-0.25, -0.2) is 12.7 Å². The minimum Gasteiger partial charge on any atom is -0.393 e. The van der Waals surface area contributed by atoms with Crippen molar-refractivity contribution in [3.8, 4) is 0 Å². The molecule has 1 rings (SSSR count). The molecule has 0 spiro atoms. The van der Waals surface area contributed by atoms with Crippen LogP contribution in [0.1, 0.15) is 18.9 Å². The van der Waals surface area contributed by atoms with Crippen LogP contribution in [0.4, 0.5) is 0 Å². The molecule has 0 aliphatic carbocycles. The van der Waals surface area contributed by atoms with E-state index in [-0.39, 0.29) is 0 Å². The Kier molecular flexibility index (Phi) is 4.68. The molecule has 0 saturated carbocycles. The van der Waals surface area contributed by atoms with Crippen LogP contribution in [0.5, 0.6) is 0 Å². The van der Waals surface area contributed by atoms with Crippen molar-refractivity contribution in [1.29, 1.82) is 0 Å². The SMILES string of the molecule is Cc1cccc(S(=O)(=O)N(C)CCC(C)O)c1. The number of aliphatic hydroxyl groups is 1. The molecular weight excluding hydrogens is 238 g/mol. The smallest absolute Gasteiger partial charge is 0.242 e. The van der Waals surface area contributed by atoms with Crippen LogP contribution in [0.2, 0.25) is 0 Å².